The molecule has 8 heteroatoms. The minimum absolute atomic E-state index is 0. The Morgan fingerprint density at radius 3 is 2.37 bits per heavy atom. The number of nitrogens with one attached hydrogen (secondary N) is 1. The van der Waals surface area contributed by atoms with Gasteiger partial charge in [-0.1, -0.05) is 12.1 Å². The van der Waals surface area contributed by atoms with Crippen LogP contribution in [0.15, 0.2) is 52.4 Å². The number of nitrogens with two attached hydrogens (primary N) is 1. The van der Waals surface area contributed by atoms with Gasteiger partial charge >= 0.3 is 0 Å². The summed E-state index contributed by atoms with van der Waals surface area (Å²) in [4.78, 5) is 16.3. The Morgan fingerprint density at radius 2 is 1.74 bits per heavy atom. The first-order valence-electron chi connectivity index (χ1n) is 8.55. The van der Waals surface area contributed by atoms with E-state index in [4.69, 9.17) is 5.14 Å². The summed E-state index contributed by atoms with van der Waals surface area (Å²) in [6, 6.07) is 10.2. The van der Waals surface area contributed by atoms with Gasteiger partial charge < -0.3 is 25.6 Å². The van der Waals surface area contributed by atoms with Gasteiger partial charge in [0, 0.05) is 28.9 Å². The Morgan fingerprint density at radius 1 is 1.07 bits per heavy atom. The third-order valence-corrected chi connectivity index (χ3v) is 5.66. The Bertz CT molecular complexity index is 944. The minimum Gasteiger partial charge on any atom is -0.412 e. The molecule has 0 amide bonds. The highest BCUT2D eigenvalue weighted by Gasteiger charge is 2.24. The molecule has 146 valence electrons. The van der Waals surface area contributed by atoms with Gasteiger partial charge in [0.2, 0.25) is 0 Å². The van der Waals surface area contributed by atoms with Crippen LogP contribution in [0.25, 0.3) is 22.0 Å². The molecule has 7 nitrogen and oxygen atoms in total. The van der Waals surface area contributed by atoms with Crippen LogP contribution in [-0.4, -0.2) is 31.7 Å². The summed E-state index contributed by atoms with van der Waals surface area (Å²) >= 11 is 1.21. The fourth-order valence-electron chi connectivity index (χ4n) is 3.79. The number of aromatic amines is 1. The van der Waals surface area contributed by atoms with Gasteiger partial charge in [-0.2, -0.15) is 0 Å². The van der Waals surface area contributed by atoms with Crippen molar-refractivity contribution in [1.82, 2.24) is 9.55 Å². The van der Waals surface area contributed by atoms with Crippen LogP contribution in [-0.2, 0) is 0 Å². The SMILES string of the molecule is NSc1ccc(-c2cn(C3CCC(O)CC3)c3cc[nH]c(=O)c23)cc1.O.O. The Kier molecular flexibility index (Phi) is 6.85. The fraction of sp³-hybridized carbons (Fsp3) is 0.316. The molecule has 3 aromatic rings. The summed E-state index contributed by atoms with van der Waals surface area (Å²) in [7, 11) is 0. The summed E-state index contributed by atoms with van der Waals surface area (Å²) in [5.41, 5.74) is 2.84. The number of hydrogen-bond donors (Lipinski definition) is 3. The first kappa shape index (κ1) is 21.2. The number of pyridine rings is 1. The lowest BCUT2D eigenvalue weighted by Crippen LogP contribution is -2.20. The standard InChI is InChI=1S/C19H21N3O2S.2H2O/c20-25-15-7-1-12(2-8-15)16-11-22(13-3-5-14(23)6-4-13)17-9-10-21-19(24)18(16)17;;/h1-2,7-11,13-14,23H,3-6,20H2,(H,21,24);2*1H2. The van der Waals surface area contributed by atoms with Crippen LogP contribution in [0, 0.1) is 0 Å². The van der Waals surface area contributed by atoms with Crippen molar-refractivity contribution in [3.8, 4) is 11.1 Å². The second-order valence-electron chi connectivity index (χ2n) is 6.62. The summed E-state index contributed by atoms with van der Waals surface area (Å²) < 4.78 is 2.22. The van der Waals surface area contributed by atoms with Crippen molar-refractivity contribution in [2.45, 2.75) is 42.7 Å². The van der Waals surface area contributed by atoms with E-state index in [9.17, 15) is 9.90 Å². The van der Waals surface area contributed by atoms with Crippen LogP contribution in [0.5, 0.6) is 0 Å². The topological polar surface area (TPSA) is 147 Å². The highest BCUT2D eigenvalue weighted by molar-refractivity contribution is 7.97. The van der Waals surface area contributed by atoms with Crippen molar-refractivity contribution in [2.75, 3.05) is 0 Å². The van der Waals surface area contributed by atoms with Gasteiger partial charge in [0.05, 0.1) is 17.0 Å². The Balaban J connectivity index is 0.00000131. The number of aromatic nitrogens is 2. The third kappa shape index (κ3) is 3.95. The number of nitrogens with zero attached hydrogens (tertiary/aromatic N) is 1. The summed E-state index contributed by atoms with van der Waals surface area (Å²) in [5, 5.41) is 16.1. The zero-order valence-corrected chi connectivity index (χ0v) is 15.6. The van der Waals surface area contributed by atoms with E-state index >= 15 is 0 Å². The Labute approximate surface area is 161 Å². The lowest BCUT2D eigenvalue weighted by atomic mass is 9.93. The average Bonchev–Trinajstić information content (AvgIpc) is 3.03. The number of aliphatic hydroxyl groups excluding tert-OH is 1. The maximum atomic E-state index is 12.5. The van der Waals surface area contributed by atoms with E-state index in [2.05, 4.69) is 15.7 Å². The van der Waals surface area contributed by atoms with Crippen molar-refractivity contribution < 1.29 is 16.1 Å². The van der Waals surface area contributed by atoms with Crippen LogP contribution in [0.1, 0.15) is 31.7 Å². The molecule has 27 heavy (non-hydrogen) atoms. The summed E-state index contributed by atoms with van der Waals surface area (Å²) in [5.74, 6) is 0. The molecule has 0 bridgehead atoms. The van der Waals surface area contributed by atoms with Crippen LogP contribution >= 0.6 is 11.9 Å². The number of fused-ring (bicyclic) bond motifs is 1. The van der Waals surface area contributed by atoms with E-state index in [1.165, 1.54) is 11.9 Å². The number of hydrogen-bond acceptors (Lipinski definition) is 4. The molecular weight excluding hydrogens is 366 g/mol. The van der Waals surface area contributed by atoms with E-state index in [0.29, 0.717) is 6.04 Å². The second kappa shape index (κ2) is 8.73. The van der Waals surface area contributed by atoms with E-state index in [0.717, 1.165) is 52.6 Å². The first-order valence-corrected chi connectivity index (χ1v) is 9.43. The summed E-state index contributed by atoms with van der Waals surface area (Å²) in [6.45, 7) is 0. The molecule has 0 spiro atoms. The van der Waals surface area contributed by atoms with Crippen LogP contribution in [0.2, 0.25) is 0 Å². The highest BCUT2D eigenvalue weighted by atomic mass is 32.2. The largest absolute Gasteiger partial charge is 0.412 e. The van der Waals surface area contributed by atoms with Crippen LogP contribution < -0.4 is 10.7 Å². The third-order valence-electron chi connectivity index (χ3n) is 5.12. The molecule has 1 fully saturated rings. The fourth-order valence-corrected chi connectivity index (χ4v) is 4.08. The molecule has 0 atom stereocenters. The molecule has 8 N–H and O–H groups in total. The van der Waals surface area contributed by atoms with Gasteiger partial charge in [0.25, 0.3) is 5.56 Å². The van der Waals surface area contributed by atoms with Gasteiger partial charge in [-0.15, -0.1) is 0 Å². The van der Waals surface area contributed by atoms with E-state index in [1.807, 2.05) is 30.3 Å². The predicted octanol–water partition coefficient (Wildman–Crippen LogP) is 1.79. The zero-order chi connectivity index (χ0) is 17.4. The monoisotopic (exact) mass is 391 g/mol. The van der Waals surface area contributed by atoms with Gasteiger partial charge in [-0.05, 0) is 61.4 Å². The molecular formula is C19H25N3O4S. The highest BCUT2D eigenvalue weighted by Crippen LogP contribution is 2.36. The normalized spacial score (nSPS) is 19.3. The van der Waals surface area contributed by atoms with Gasteiger partial charge in [-0.3, -0.25) is 9.93 Å². The molecule has 2 aromatic heterocycles. The number of H-pyrrole nitrogens is 1. The van der Waals surface area contributed by atoms with Crippen LogP contribution in [0.3, 0.4) is 0 Å². The molecule has 1 aromatic carbocycles. The second-order valence-corrected chi connectivity index (χ2v) is 7.33. The molecule has 1 aliphatic carbocycles. The lowest BCUT2D eigenvalue weighted by Gasteiger charge is -2.27. The first-order chi connectivity index (χ1) is 12.2. The number of benzene rings is 1. The van der Waals surface area contributed by atoms with Crippen molar-refractivity contribution in [2.24, 2.45) is 5.14 Å². The van der Waals surface area contributed by atoms with Crippen molar-refractivity contribution in [1.29, 1.82) is 0 Å². The quantitative estimate of drug-likeness (QED) is 0.584. The molecule has 0 saturated heterocycles. The van der Waals surface area contributed by atoms with Crippen LogP contribution in [0.4, 0.5) is 0 Å². The van der Waals surface area contributed by atoms with Crippen molar-refractivity contribution in [3.63, 3.8) is 0 Å². The molecule has 2 heterocycles. The van der Waals surface area contributed by atoms with E-state index < -0.39 is 0 Å². The van der Waals surface area contributed by atoms with E-state index in [-0.39, 0.29) is 22.6 Å². The number of aliphatic hydroxyl groups is 1. The van der Waals surface area contributed by atoms with Gasteiger partial charge in [-0.25, -0.2) is 0 Å². The molecule has 4 rings (SSSR count). The Hall–Kier alpha value is -2.10. The maximum Gasteiger partial charge on any atom is 0.258 e. The van der Waals surface area contributed by atoms with Crippen molar-refractivity contribution in [3.05, 3.63) is 53.1 Å². The van der Waals surface area contributed by atoms with Gasteiger partial charge in [0.15, 0.2) is 0 Å². The zero-order valence-electron chi connectivity index (χ0n) is 14.8. The predicted molar refractivity (Wildman–Crippen MR) is 109 cm³/mol. The molecule has 0 radical (unpaired) electrons. The molecule has 1 saturated carbocycles. The number of rotatable bonds is 3. The van der Waals surface area contributed by atoms with Gasteiger partial charge in [0.1, 0.15) is 0 Å². The molecule has 0 aliphatic heterocycles. The minimum atomic E-state index is -0.192. The lowest BCUT2D eigenvalue weighted by molar-refractivity contribution is 0.111. The summed E-state index contributed by atoms with van der Waals surface area (Å²) in [6.07, 6.45) is 7.09. The van der Waals surface area contributed by atoms with E-state index in [1.54, 1.807) is 6.20 Å². The smallest absolute Gasteiger partial charge is 0.258 e. The average molecular weight is 391 g/mol. The maximum absolute atomic E-state index is 12.5. The molecule has 1 aliphatic rings. The van der Waals surface area contributed by atoms with Crippen molar-refractivity contribution >= 4 is 22.9 Å². The molecule has 0 unspecified atom stereocenters.